The summed E-state index contributed by atoms with van der Waals surface area (Å²) in [6.45, 7) is 5.29. The van der Waals surface area contributed by atoms with E-state index in [0.717, 1.165) is 18.0 Å². The molecule has 1 amide bonds. The first-order valence-electron chi connectivity index (χ1n) is 7.26. The normalized spacial score (nSPS) is 17.9. The zero-order valence-electron chi connectivity index (χ0n) is 12.0. The van der Waals surface area contributed by atoms with Crippen molar-refractivity contribution in [3.8, 4) is 0 Å². The third-order valence-electron chi connectivity index (χ3n) is 3.53. The topological polar surface area (TPSA) is 84.1 Å². The average Bonchev–Trinajstić information content (AvgIpc) is 2.87. The predicted octanol–water partition coefficient (Wildman–Crippen LogP) is 1.56. The average molecular weight is 297 g/mol. The van der Waals surface area contributed by atoms with Crippen molar-refractivity contribution in [3.05, 3.63) is 5.01 Å². The standard InChI is InChI=1S/C13H23N5OS/c1-10(12-16-17-13(14)20-12)15-11(19)6-5-9-18-7-3-2-4-8-18/h10H,2-9H2,1H3,(H2,14,17)(H,15,19). The molecule has 7 heteroatoms. The molecule has 2 heterocycles. The molecule has 1 fully saturated rings. The van der Waals surface area contributed by atoms with Crippen LogP contribution in [0.2, 0.25) is 0 Å². The lowest BCUT2D eigenvalue weighted by Gasteiger charge is -2.26. The number of nitrogens with two attached hydrogens (primary N) is 1. The quantitative estimate of drug-likeness (QED) is 0.832. The largest absolute Gasteiger partial charge is 0.374 e. The van der Waals surface area contributed by atoms with Gasteiger partial charge in [0, 0.05) is 6.42 Å². The predicted molar refractivity (Wildman–Crippen MR) is 80.4 cm³/mol. The molecule has 6 nitrogen and oxygen atoms in total. The number of piperidine rings is 1. The van der Waals surface area contributed by atoms with E-state index in [0.29, 0.717) is 11.6 Å². The van der Waals surface area contributed by atoms with Crippen molar-refractivity contribution in [1.29, 1.82) is 0 Å². The molecule has 0 radical (unpaired) electrons. The summed E-state index contributed by atoms with van der Waals surface area (Å²) in [4.78, 5) is 14.3. The van der Waals surface area contributed by atoms with Gasteiger partial charge in [0.2, 0.25) is 11.0 Å². The Morgan fingerprint density at radius 2 is 2.15 bits per heavy atom. The monoisotopic (exact) mass is 297 g/mol. The summed E-state index contributed by atoms with van der Waals surface area (Å²) in [6, 6.07) is -0.118. The van der Waals surface area contributed by atoms with Gasteiger partial charge in [-0.3, -0.25) is 4.79 Å². The van der Waals surface area contributed by atoms with Crippen molar-refractivity contribution >= 4 is 22.4 Å². The fourth-order valence-corrected chi connectivity index (χ4v) is 3.06. The van der Waals surface area contributed by atoms with Crippen LogP contribution >= 0.6 is 11.3 Å². The molecule has 0 aliphatic carbocycles. The second kappa shape index (κ2) is 7.54. The minimum absolute atomic E-state index is 0.0725. The lowest BCUT2D eigenvalue weighted by atomic mass is 10.1. The van der Waals surface area contributed by atoms with Gasteiger partial charge >= 0.3 is 0 Å². The first kappa shape index (κ1) is 15.2. The Kier molecular flexibility index (Phi) is 5.72. The van der Waals surface area contributed by atoms with E-state index in [1.54, 1.807) is 0 Å². The second-order valence-corrected chi connectivity index (χ2v) is 6.31. The molecule has 0 bridgehead atoms. The van der Waals surface area contributed by atoms with Crippen LogP contribution in [0.1, 0.15) is 50.1 Å². The maximum absolute atomic E-state index is 11.9. The molecule has 2 rings (SSSR count). The van der Waals surface area contributed by atoms with Crippen molar-refractivity contribution in [2.24, 2.45) is 0 Å². The Morgan fingerprint density at radius 1 is 1.40 bits per heavy atom. The molecule has 0 aromatic carbocycles. The fraction of sp³-hybridized carbons (Fsp3) is 0.769. The van der Waals surface area contributed by atoms with Crippen molar-refractivity contribution in [2.45, 2.75) is 45.1 Å². The van der Waals surface area contributed by atoms with Gasteiger partial charge in [-0.2, -0.15) is 0 Å². The molecule has 0 spiro atoms. The zero-order valence-corrected chi connectivity index (χ0v) is 12.8. The summed E-state index contributed by atoms with van der Waals surface area (Å²) in [6.07, 6.45) is 5.41. The Morgan fingerprint density at radius 3 is 2.80 bits per heavy atom. The van der Waals surface area contributed by atoms with Gasteiger partial charge in [0.25, 0.3) is 0 Å². The molecule has 0 saturated carbocycles. The van der Waals surface area contributed by atoms with Gasteiger partial charge in [-0.1, -0.05) is 17.8 Å². The van der Waals surface area contributed by atoms with Crippen LogP contribution in [-0.2, 0) is 4.79 Å². The van der Waals surface area contributed by atoms with Crippen LogP contribution in [0.5, 0.6) is 0 Å². The van der Waals surface area contributed by atoms with Gasteiger partial charge in [0.1, 0.15) is 5.01 Å². The third-order valence-corrected chi connectivity index (χ3v) is 4.47. The first-order valence-corrected chi connectivity index (χ1v) is 8.07. The summed E-state index contributed by atoms with van der Waals surface area (Å²) in [5, 5.41) is 11.8. The van der Waals surface area contributed by atoms with Crippen molar-refractivity contribution in [1.82, 2.24) is 20.4 Å². The number of likely N-dealkylation sites (tertiary alicyclic amines) is 1. The van der Waals surface area contributed by atoms with Crippen molar-refractivity contribution < 1.29 is 4.79 Å². The molecule has 1 aliphatic rings. The van der Waals surface area contributed by atoms with Crippen molar-refractivity contribution in [2.75, 3.05) is 25.4 Å². The highest BCUT2D eigenvalue weighted by Crippen LogP contribution is 2.18. The number of rotatable bonds is 6. The Hall–Kier alpha value is -1.21. The number of nitrogens with zero attached hydrogens (tertiary/aromatic N) is 3. The van der Waals surface area contributed by atoms with E-state index in [1.807, 2.05) is 6.92 Å². The van der Waals surface area contributed by atoms with Crippen LogP contribution < -0.4 is 11.1 Å². The highest BCUT2D eigenvalue weighted by molar-refractivity contribution is 7.15. The van der Waals surface area contributed by atoms with Crippen LogP contribution in [0.25, 0.3) is 0 Å². The Balaban J connectivity index is 1.64. The number of aromatic nitrogens is 2. The number of nitrogens with one attached hydrogen (secondary N) is 1. The SMILES string of the molecule is CC(NC(=O)CCCN1CCCCC1)c1nnc(N)s1. The molecule has 3 N–H and O–H groups in total. The molecule has 20 heavy (non-hydrogen) atoms. The summed E-state index contributed by atoms with van der Waals surface area (Å²) in [5.41, 5.74) is 5.54. The molecule has 1 aromatic heterocycles. The number of amides is 1. The molecule has 1 saturated heterocycles. The van der Waals surface area contributed by atoms with E-state index in [1.165, 1.54) is 43.7 Å². The number of carbonyl (C=O) groups is 1. The molecule has 1 aliphatic heterocycles. The van der Waals surface area contributed by atoms with Gasteiger partial charge in [0.05, 0.1) is 6.04 Å². The maximum Gasteiger partial charge on any atom is 0.220 e. The number of anilines is 1. The van der Waals surface area contributed by atoms with Gasteiger partial charge in [-0.15, -0.1) is 10.2 Å². The molecule has 1 aromatic rings. The second-order valence-electron chi connectivity index (χ2n) is 5.27. The van der Waals surface area contributed by atoms with Crippen LogP contribution in [0.15, 0.2) is 0 Å². The van der Waals surface area contributed by atoms with Crippen LogP contribution in [-0.4, -0.2) is 40.6 Å². The number of hydrogen-bond acceptors (Lipinski definition) is 6. The van der Waals surface area contributed by atoms with E-state index in [9.17, 15) is 4.79 Å². The van der Waals surface area contributed by atoms with Gasteiger partial charge < -0.3 is 16.0 Å². The molecule has 112 valence electrons. The Bertz CT molecular complexity index is 430. The van der Waals surface area contributed by atoms with Crippen molar-refractivity contribution in [3.63, 3.8) is 0 Å². The molecular formula is C13H23N5OS. The van der Waals surface area contributed by atoms with Crippen LogP contribution in [0.4, 0.5) is 5.13 Å². The van der Waals surface area contributed by atoms with Crippen LogP contribution in [0, 0.1) is 0 Å². The summed E-state index contributed by atoms with van der Waals surface area (Å²) in [7, 11) is 0. The lowest BCUT2D eigenvalue weighted by molar-refractivity contribution is -0.121. The number of hydrogen-bond donors (Lipinski definition) is 2. The minimum atomic E-state index is -0.118. The maximum atomic E-state index is 11.9. The fourth-order valence-electron chi connectivity index (χ4n) is 2.44. The highest BCUT2D eigenvalue weighted by Gasteiger charge is 2.14. The van der Waals surface area contributed by atoms with E-state index >= 15 is 0 Å². The minimum Gasteiger partial charge on any atom is -0.374 e. The Labute approximate surface area is 123 Å². The molecule has 1 atom stereocenters. The summed E-state index contributed by atoms with van der Waals surface area (Å²) in [5.74, 6) is 0.0725. The van der Waals surface area contributed by atoms with E-state index in [-0.39, 0.29) is 11.9 Å². The third kappa shape index (κ3) is 4.72. The van der Waals surface area contributed by atoms with E-state index < -0.39 is 0 Å². The molecular weight excluding hydrogens is 274 g/mol. The van der Waals surface area contributed by atoms with E-state index in [4.69, 9.17) is 5.73 Å². The van der Waals surface area contributed by atoms with Gasteiger partial charge in [0.15, 0.2) is 0 Å². The zero-order chi connectivity index (χ0) is 14.4. The number of carbonyl (C=O) groups excluding carboxylic acids is 1. The van der Waals surface area contributed by atoms with Gasteiger partial charge in [-0.25, -0.2) is 0 Å². The molecule has 1 unspecified atom stereocenters. The highest BCUT2D eigenvalue weighted by atomic mass is 32.1. The van der Waals surface area contributed by atoms with E-state index in [2.05, 4.69) is 20.4 Å². The van der Waals surface area contributed by atoms with Gasteiger partial charge in [-0.05, 0) is 45.8 Å². The smallest absolute Gasteiger partial charge is 0.220 e. The number of nitrogen functional groups attached to an aromatic ring is 1. The van der Waals surface area contributed by atoms with Crippen LogP contribution in [0.3, 0.4) is 0 Å². The first-order chi connectivity index (χ1) is 9.65. The summed E-state index contributed by atoms with van der Waals surface area (Å²) < 4.78 is 0. The summed E-state index contributed by atoms with van der Waals surface area (Å²) >= 11 is 1.32. The lowest BCUT2D eigenvalue weighted by Crippen LogP contribution is -2.32.